The molecule has 1 aromatic heterocycles. The van der Waals surface area contributed by atoms with Gasteiger partial charge in [-0.25, -0.2) is 18.2 Å². The number of nitrogens with one attached hydrogen (secondary N) is 2. The zero-order valence-electron chi connectivity index (χ0n) is 24.0. The zero-order valence-corrected chi connectivity index (χ0v) is 24.8. The molecule has 1 heterocycles. The van der Waals surface area contributed by atoms with Gasteiger partial charge in [-0.05, 0) is 42.2 Å². The van der Waals surface area contributed by atoms with E-state index in [-0.39, 0.29) is 54.1 Å². The van der Waals surface area contributed by atoms with Crippen LogP contribution in [-0.2, 0) is 29.7 Å². The van der Waals surface area contributed by atoms with Gasteiger partial charge >= 0.3 is 12.1 Å². The van der Waals surface area contributed by atoms with Crippen LogP contribution >= 0.6 is 0 Å². The van der Waals surface area contributed by atoms with Crippen molar-refractivity contribution in [3.63, 3.8) is 0 Å². The number of alkyl carbamates (subject to hydrolysis) is 1. The average Bonchev–Trinajstić information content (AvgIpc) is 2.95. The van der Waals surface area contributed by atoms with Gasteiger partial charge in [-0.3, -0.25) is 9.52 Å². The largest absolute Gasteiger partial charge is 0.497 e. The first-order chi connectivity index (χ1) is 19.9. The lowest BCUT2D eigenvalue weighted by atomic mass is 9.87. The SMILES string of the molecule is CCOC(=O)CNC(=O)OCCOc1ncnc(NS(=O)(=O)c2ccc(C(C)(C)C)cc2)c1Oc1cccc(OC)c1. The summed E-state index contributed by atoms with van der Waals surface area (Å²) in [4.78, 5) is 31.4. The van der Waals surface area contributed by atoms with Crippen LogP contribution in [0.3, 0.4) is 0 Å². The number of rotatable bonds is 13. The lowest BCUT2D eigenvalue weighted by Gasteiger charge is -2.19. The average molecular weight is 603 g/mol. The fourth-order valence-electron chi connectivity index (χ4n) is 3.41. The Morgan fingerprint density at radius 2 is 1.67 bits per heavy atom. The number of methoxy groups -OCH3 is 1. The highest BCUT2D eigenvalue weighted by Gasteiger charge is 2.23. The van der Waals surface area contributed by atoms with Crippen molar-refractivity contribution in [2.45, 2.75) is 38.0 Å². The maximum Gasteiger partial charge on any atom is 0.407 e. The molecule has 0 aliphatic rings. The van der Waals surface area contributed by atoms with Crippen molar-refractivity contribution < 1.29 is 41.7 Å². The van der Waals surface area contributed by atoms with Crippen LogP contribution in [0.4, 0.5) is 10.6 Å². The van der Waals surface area contributed by atoms with Crippen molar-refractivity contribution in [2.24, 2.45) is 0 Å². The Labute approximate surface area is 244 Å². The van der Waals surface area contributed by atoms with E-state index in [9.17, 15) is 18.0 Å². The molecule has 0 spiro atoms. The molecule has 0 bridgehead atoms. The van der Waals surface area contributed by atoms with Crippen molar-refractivity contribution >= 4 is 27.9 Å². The van der Waals surface area contributed by atoms with Gasteiger partial charge in [-0.15, -0.1) is 0 Å². The molecule has 3 rings (SSSR count). The van der Waals surface area contributed by atoms with Gasteiger partial charge in [0.15, 0.2) is 5.82 Å². The van der Waals surface area contributed by atoms with E-state index in [1.54, 1.807) is 43.3 Å². The third kappa shape index (κ3) is 9.23. The van der Waals surface area contributed by atoms with E-state index in [4.69, 9.17) is 23.7 Å². The van der Waals surface area contributed by atoms with E-state index in [0.29, 0.717) is 11.5 Å². The molecule has 2 aromatic carbocycles. The van der Waals surface area contributed by atoms with E-state index in [1.807, 2.05) is 20.8 Å². The summed E-state index contributed by atoms with van der Waals surface area (Å²) in [5.41, 5.74) is 0.815. The number of hydrogen-bond acceptors (Lipinski definition) is 11. The molecule has 1 amide bonds. The minimum Gasteiger partial charge on any atom is -0.497 e. The van der Waals surface area contributed by atoms with Crippen molar-refractivity contribution in [2.75, 3.05) is 38.2 Å². The zero-order chi connectivity index (χ0) is 30.8. The number of benzene rings is 2. The van der Waals surface area contributed by atoms with Gasteiger partial charge in [-0.1, -0.05) is 39.0 Å². The number of esters is 1. The minimum absolute atomic E-state index is 0.0196. The van der Waals surface area contributed by atoms with E-state index in [2.05, 4.69) is 20.0 Å². The Kier molecular flexibility index (Phi) is 10.9. The minimum atomic E-state index is -4.09. The third-order valence-electron chi connectivity index (χ3n) is 5.53. The van der Waals surface area contributed by atoms with Gasteiger partial charge in [0.25, 0.3) is 15.9 Å². The van der Waals surface area contributed by atoms with E-state index in [1.165, 1.54) is 19.2 Å². The molecule has 0 unspecified atom stereocenters. The second-order valence-electron chi connectivity index (χ2n) is 9.66. The summed E-state index contributed by atoms with van der Waals surface area (Å²) in [6.45, 7) is 7.16. The number of anilines is 1. The molecule has 42 heavy (non-hydrogen) atoms. The Balaban J connectivity index is 1.80. The second-order valence-corrected chi connectivity index (χ2v) is 11.3. The van der Waals surface area contributed by atoms with Crippen LogP contribution in [0.5, 0.6) is 23.1 Å². The van der Waals surface area contributed by atoms with E-state index < -0.39 is 22.1 Å². The highest BCUT2D eigenvalue weighted by molar-refractivity contribution is 7.92. The number of carbonyl (C=O) groups excluding carboxylic acids is 2. The monoisotopic (exact) mass is 602 g/mol. The lowest BCUT2D eigenvalue weighted by molar-refractivity contribution is -0.141. The highest BCUT2D eigenvalue weighted by atomic mass is 32.2. The summed E-state index contributed by atoms with van der Waals surface area (Å²) >= 11 is 0. The summed E-state index contributed by atoms with van der Waals surface area (Å²) in [6, 6.07) is 13.1. The van der Waals surface area contributed by atoms with Gasteiger partial charge in [0.05, 0.1) is 18.6 Å². The number of aromatic nitrogens is 2. The summed E-state index contributed by atoms with van der Waals surface area (Å²) < 4.78 is 55.6. The van der Waals surface area contributed by atoms with E-state index >= 15 is 0 Å². The molecule has 0 aliphatic carbocycles. The molecular formula is C28H34N4O9S. The molecule has 14 heteroatoms. The quantitative estimate of drug-likeness (QED) is 0.214. The number of amides is 1. The maximum atomic E-state index is 13.3. The summed E-state index contributed by atoms with van der Waals surface area (Å²) in [5.74, 6) is -0.257. The van der Waals surface area contributed by atoms with Crippen molar-refractivity contribution in [3.05, 3.63) is 60.4 Å². The predicted molar refractivity (Wildman–Crippen MR) is 153 cm³/mol. The van der Waals surface area contributed by atoms with Crippen molar-refractivity contribution in [1.82, 2.24) is 15.3 Å². The van der Waals surface area contributed by atoms with E-state index in [0.717, 1.165) is 11.9 Å². The highest BCUT2D eigenvalue weighted by Crippen LogP contribution is 2.37. The van der Waals surface area contributed by atoms with Crippen molar-refractivity contribution in [3.8, 4) is 23.1 Å². The summed E-state index contributed by atoms with van der Waals surface area (Å²) in [7, 11) is -2.60. The molecule has 0 aliphatic heterocycles. The predicted octanol–water partition coefficient (Wildman–Crippen LogP) is 4.04. The molecule has 2 N–H and O–H groups in total. The topological polar surface area (TPSA) is 164 Å². The Bertz CT molecular complexity index is 1470. The summed E-state index contributed by atoms with van der Waals surface area (Å²) in [5, 5.41) is 2.25. The smallest absolute Gasteiger partial charge is 0.407 e. The molecule has 0 radical (unpaired) electrons. The number of sulfonamides is 1. The van der Waals surface area contributed by atoms with Crippen LogP contribution < -0.4 is 24.2 Å². The molecular weight excluding hydrogens is 568 g/mol. The van der Waals surface area contributed by atoms with Crippen LogP contribution in [0, 0.1) is 0 Å². The van der Waals surface area contributed by atoms with Crippen LogP contribution in [0.15, 0.2) is 59.8 Å². The number of carbonyl (C=O) groups is 2. The molecule has 3 aromatic rings. The van der Waals surface area contributed by atoms with Crippen molar-refractivity contribution in [1.29, 1.82) is 0 Å². The fraction of sp³-hybridized carbons (Fsp3) is 0.357. The van der Waals surface area contributed by atoms with Gasteiger partial charge in [0.1, 0.15) is 37.6 Å². The normalized spacial score (nSPS) is 11.3. The molecule has 0 fully saturated rings. The van der Waals surface area contributed by atoms with Crippen LogP contribution in [-0.4, -0.2) is 63.9 Å². The molecule has 0 saturated carbocycles. The second kappa shape index (κ2) is 14.3. The van der Waals surface area contributed by atoms with Gasteiger partial charge in [-0.2, -0.15) is 4.98 Å². The van der Waals surface area contributed by atoms with Gasteiger partial charge < -0.3 is 29.0 Å². The lowest BCUT2D eigenvalue weighted by Crippen LogP contribution is -2.32. The molecule has 226 valence electrons. The van der Waals surface area contributed by atoms with Crippen LogP contribution in [0.1, 0.15) is 33.3 Å². The Morgan fingerprint density at radius 1 is 0.952 bits per heavy atom. The van der Waals surface area contributed by atoms with Crippen LogP contribution in [0.2, 0.25) is 0 Å². The number of nitrogens with zero attached hydrogens (tertiary/aromatic N) is 2. The maximum absolute atomic E-state index is 13.3. The van der Waals surface area contributed by atoms with Gasteiger partial charge in [0.2, 0.25) is 5.75 Å². The fourth-order valence-corrected chi connectivity index (χ4v) is 4.42. The number of ether oxygens (including phenoxy) is 5. The first kappa shape index (κ1) is 31.9. The van der Waals surface area contributed by atoms with Gasteiger partial charge in [0, 0.05) is 6.07 Å². The standard InChI is InChI=1S/C28H34N4O9S/c1-6-38-23(33)17-29-27(34)40-15-14-39-26-24(41-21-9-7-8-20(16-21)37-5)25(30-18-31-26)32-42(35,36)22-12-10-19(11-13-22)28(2,3)4/h7-13,16,18H,6,14-15,17H2,1-5H3,(H,29,34)(H,30,31,32). The molecule has 0 atom stereocenters. The molecule has 13 nitrogen and oxygen atoms in total. The number of hydrogen-bond donors (Lipinski definition) is 2. The third-order valence-corrected chi connectivity index (χ3v) is 6.89. The van der Waals surface area contributed by atoms with Crippen LogP contribution in [0.25, 0.3) is 0 Å². The molecule has 0 saturated heterocycles. The Hall–Kier alpha value is -4.59. The first-order valence-electron chi connectivity index (χ1n) is 12.9. The first-order valence-corrected chi connectivity index (χ1v) is 14.4. The summed E-state index contributed by atoms with van der Waals surface area (Å²) in [6.07, 6.45) is 0.245. The Morgan fingerprint density at radius 3 is 2.33 bits per heavy atom.